The van der Waals surface area contributed by atoms with Crippen molar-refractivity contribution < 1.29 is 0 Å². The molecule has 3 aromatic heterocycles. The Morgan fingerprint density at radius 2 is 1.25 bits per heavy atom. The van der Waals surface area contributed by atoms with Crippen molar-refractivity contribution in [2.24, 2.45) is 0 Å². The maximum atomic E-state index is 10.1. The van der Waals surface area contributed by atoms with Gasteiger partial charge in [-0.15, -0.1) is 0 Å². The molecule has 252 valence electrons. The smallest absolute Gasteiger partial charge is 0.185 e. The van der Waals surface area contributed by atoms with Crippen molar-refractivity contribution in [1.82, 2.24) is 24.9 Å². The summed E-state index contributed by atoms with van der Waals surface area (Å²) in [6, 6.07) is 36.4. The fourth-order valence-corrected chi connectivity index (χ4v) is 6.17. The SMILES string of the molecule is C=C/C=C\C=C(/C)c1nc2c(nc1-c1ccccn1)N(c1ccc3ccccc3c1)c1nc(C#N)c(N)nc1N2c1ccc2ccccc2c1.CC. The molecule has 4 heterocycles. The summed E-state index contributed by atoms with van der Waals surface area (Å²) in [6.45, 7) is 9.80. The molecule has 4 aromatic carbocycles. The Bertz CT molecular complexity index is 2570. The van der Waals surface area contributed by atoms with E-state index in [2.05, 4.69) is 66.2 Å². The van der Waals surface area contributed by atoms with Crippen LogP contribution in [0.25, 0.3) is 38.5 Å². The van der Waals surface area contributed by atoms with Gasteiger partial charge in [-0.05, 0) is 70.4 Å². The van der Waals surface area contributed by atoms with Crippen LogP contribution in [0.1, 0.15) is 32.2 Å². The second-order valence-electron chi connectivity index (χ2n) is 11.7. The number of nitriles is 1. The first kappa shape index (κ1) is 33.3. The summed E-state index contributed by atoms with van der Waals surface area (Å²) in [5.74, 6) is 1.82. The molecule has 0 bridgehead atoms. The summed E-state index contributed by atoms with van der Waals surface area (Å²) in [4.78, 5) is 29.0. The normalized spacial score (nSPS) is 12.2. The molecule has 0 saturated heterocycles. The molecule has 7 aromatic rings. The van der Waals surface area contributed by atoms with Crippen molar-refractivity contribution in [3.05, 3.63) is 152 Å². The Morgan fingerprint density at radius 3 is 1.83 bits per heavy atom. The van der Waals surface area contributed by atoms with Gasteiger partial charge in [-0.3, -0.25) is 14.8 Å². The number of hydrogen-bond acceptors (Lipinski definition) is 9. The number of nitrogens with zero attached hydrogens (tertiary/aromatic N) is 8. The van der Waals surface area contributed by atoms with Gasteiger partial charge in [0.15, 0.2) is 34.8 Å². The molecular formula is C43H35N9. The zero-order valence-corrected chi connectivity index (χ0v) is 29.1. The zero-order chi connectivity index (χ0) is 36.2. The average Bonchev–Trinajstić information content (AvgIpc) is 3.20. The van der Waals surface area contributed by atoms with Gasteiger partial charge in [-0.2, -0.15) is 5.26 Å². The number of benzene rings is 4. The van der Waals surface area contributed by atoms with Crippen molar-refractivity contribution in [3.8, 4) is 17.5 Å². The first-order chi connectivity index (χ1) is 25.5. The minimum atomic E-state index is 0.0127. The first-order valence-corrected chi connectivity index (χ1v) is 17.0. The van der Waals surface area contributed by atoms with Gasteiger partial charge >= 0.3 is 0 Å². The molecule has 0 atom stereocenters. The number of nitrogen functional groups attached to an aromatic ring is 1. The number of aromatic nitrogens is 5. The molecule has 0 aliphatic carbocycles. The van der Waals surface area contributed by atoms with Crippen LogP contribution < -0.4 is 15.5 Å². The highest BCUT2D eigenvalue weighted by atomic mass is 15.4. The average molecular weight is 678 g/mol. The molecule has 9 heteroatoms. The molecule has 0 amide bonds. The van der Waals surface area contributed by atoms with Crippen LogP contribution in [0.4, 0.5) is 40.5 Å². The summed E-state index contributed by atoms with van der Waals surface area (Å²) in [5.41, 5.74) is 10.7. The Hall–Kier alpha value is -7.18. The minimum Gasteiger partial charge on any atom is -0.381 e. The molecule has 1 aliphatic heterocycles. The summed E-state index contributed by atoms with van der Waals surface area (Å²) in [6.07, 6.45) is 9.21. The maximum absolute atomic E-state index is 10.1. The summed E-state index contributed by atoms with van der Waals surface area (Å²) < 4.78 is 0. The Morgan fingerprint density at radius 1 is 0.692 bits per heavy atom. The van der Waals surface area contributed by atoms with Gasteiger partial charge in [0.2, 0.25) is 0 Å². The molecule has 1 aliphatic rings. The molecule has 8 rings (SSSR count). The molecule has 9 nitrogen and oxygen atoms in total. The van der Waals surface area contributed by atoms with E-state index in [-0.39, 0.29) is 11.5 Å². The number of nitrogens with two attached hydrogens (primary N) is 1. The highest BCUT2D eigenvalue weighted by Crippen LogP contribution is 2.53. The maximum Gasteiger partial charge on any atom is 0.185 e. The third kappa shape index (κ3) is 5.99. The van der Waals surface area contributed by atoms with Gasteiger partial charge in [0.1, 0.15) is 11.8 Å². The number of allylic oxidation sites excluding steroid dienone is 5. The van der Waals surface area contributed by atoms with Crippen molar-refractivity contribution in [3.63, 3.8) is 0 Å². The topological polar surface area (TPSA) is 121 Å². The van der Waals surface area contributed by atoms with Gasteiger partial charge in [-0.1, -0.05) is 111 Å². The molecule has 0 radical (unpaired) electrons. The highest BCUT2D eigenvalue weighted by molar-refractivity contribution is 6.01. The number of hydrogen-bond donors (Lipinski definition) is 1. The van der Waals surface area contributed by atoms with E-state index in [1.54, 1.807) is 12.3 Å². The second kappa shape index (κ2) is 14.4. The standard InChI is InChI=1S/C41H29N9.C2H6/c1-3-4-5-12-26(2)35-36(33-17-10-11-22-44-33)47-40-39(46-35)50(32-21-19-28-14-7-9-16-30(28)24-32)41-38(45-34(25-42)37(43)48-41)49(40)31-20-18-27-13-6-8-15-29(27)23-31;1-2/h3-24H,1H2,2H3,(H2,43,48);1-2H3/b5-4-,26-12+;. The summed E-state index contributed by atoms with van der Waals surface area (Å²) in [5, 5.41) is 14.3. The molecule has 0 spiro atoms. The molecule has 2 N–H and O–H groups in total. The fourth-order valence-electron chi connectivity index (χ4n) is 6.17. The van der Waals surface area contributed by atoms with Crippen molar-refractivity contribution in [1.29, 1.82) is 5.26 Å². The minimum absolute atomic E-state index is 0.0127. The largest absolute Gasteiger partial charge is 0.381 e. The van der Waals surface area contributed by atoms with E-state index in [9.17, 15) is 5.26 Å². The molecule has 52 heavy (non-hydrogen) atoms. The van der Waals surface area contributed by atoms with E-state index in [1.165, 1.54) is 0 Å². The third-order valence-electron chi connectivity index (χ3n) is 8.56. The predicted octanol–water partition coefficient (Wildman–Crippen LogP) is 10.5. The quantitative estimate of drug-likeness (QED) is 0.171. The fraction of sp³-hybridized carbons (Fsp3) is 0.0698. The van der Waals surface area contributed by atoms with E-state index >= 15 is 0 Å². The number of rotatable bonds is 6. The van der Waals surface area contributed by atoms with Crippen LogP contribution in [-0.4, -0.2) is 24.9 Å². The Kier molecular flexibility index (Phi) is 9.20. The van der Waals surface area contributed by atoms with E-state index < -0.39 is 0 Å². The first-order valence-electron chi connectivity index (χ1n) is 17.0. The van der Waals surface area contributed by atoms with Gasteiger partial charge in [-0.25, -0.2) is 19.9 Å². The highest BCUT2D eigenvalue weighted by Gasteiger charge is 2.38. The third-order valence-corrected chi connectivity index (χ3v) is 8.56. The lowest BCUT2D eigenvalue weighted by Crippen LogP contribution is -2.29. The van der Waals surface area contributed by atoms with Crippen molar-refractivity contribution >= 4 is 67.6 Å². The van der Waals surface area contributed by atoms with E-state index in [1.807, 2.05) is 103 Å². The van der Waals surface area contributed by atoms with Crippen molar-refractivity contribution in [2.75, 3.05) is 15.5 Å². The van der Waals surface area contributed by atoms with Crippen molar-refractivity contribution in [2.45, 2.75) is 20.8 Å². The van der Waals surface area contributed by atoms with Crippen LogP contribution in [0.15, 0.2) is 140 Å². The monoisotopic (exact) mass is 677 g/mol. The summed E-state index contributed by atoms with van der Waals surface area (Å²) in [7, 11) is 0. The molecular weight excluding hydrogens is 643 g/mol. The zero-order valence-electron chi connectivity index (χ0n) is 29.1. The van der Waals surface area contributed by atoms with Gasteiger partial charge in [0.05, 0.1) is 11.4 Å². The second-order valence-corrected chi connectivity index (χ2v) is 11.7. The van der Waals surface area contributed by atoms with Crippen LogP contribution >= 0.6 is 0 Å². The lowest BCUT2D eigenvalue weighted by Gasteiger charge is -2.37. The van der Waals surface area contributed by atoms with Crippen LogP contribution in [0.5, 0.6) is 0 Å². The van der Waals surface area contributed by atoms with Gasteiger partial charge in [0, 0.05) is 17.6 Å². The van der Waals surface area contributed by atoms with Gasteiger partial charge in [0.25, 0.3) is 0 Å². The lowest BCUT2D eigenvalue weighted by molar-refractivity contribution is 0.981. The predicted molar refractivity (Wildman–Crippen MR) is 212 cm³/mol. The van der Waals surface area contributed by atoms with Crippen LogP contribution in [0.2, 0.25) is 0 Å². The lowest BCUT2D eigenvalue weighted by atomic mass is 10.1. The molecule has 0 fully saturated rings. The Labute approximate surface area is 302 Å². The van der Waals surface area contributed by atoms with E-state index in [4.69, 9.17) is 25.7 Å². The van der Waals surface area contributed by atoms with E-state index in [0.717, 1.165) is 38.5 Å². The van der Waals surface area contributed by atoms with Crippen LogP contribution in [0, 0.1) is 11.3 Å². The molecule has 0 unspecified atom stereocenters. The number of pyridine rings is 1. The van der Waals surface area contributed by atoms with Crippen LogP contribution in [-0.2, 0) is 0 Å². The summed E-state index contributed by atoms with van der Waals surface area (Å²) >= 11 is 0. The Balaban J connectivity index is 0.00000207. The van der Waals surface area contributed by atoms with Crippen LogP contribution in [0.3, 0.4) is 0 Å². The van der Waals surface area contributed by atoms with E-state index in [0.29, 0.717) is 40.4 Å². The number of fused-ring (bicyclic) bond motifs is 4. The molecule has 0 saturated carbocycles. The number of anilines is 7. The van der Waals surface area contributed by atoms with Gasteiger partial charge < -0.3 is 5.73 Å².